The van der Waals surface area contributed by atoms with Crippen molar-refractivity contribution in [1.29, 1.82) is 0 Å². The van der Waals surface area contributed by atoms with Gasteiger partial charge in [-0.25, -0.2) is 0 Å². The number of aliphatic hydroxyl groups is 1. The SMILES string of the molecule is O=C(NCC1(CO)CC1)C1(c2cccc(Cl)c2)CC1. The third-order valence-electron chi connectivity index (χ3n) is 4.48. The summed E-state index contributed by atoms with van der Waals surface area (Å²) in [6.45, 7) is 0.752. The van der Waals surface area contributed by atoms with Gasteiger partial charge in [0, 0.05) is 17.0 Å². The monoisotopic (exact) mass is 279 g/mol. The first kappa shape index (κ1) is 12.9. The molecule has 2 N–H and O–H groups in total. The Morgan fingerprint density at radius 1 is 1.32 bits per heavy atom. The van der Waals surface area contributed by atoms with Gasteiger partial charge in [0.25, 0.3) is 0 Å². The highest BCUT2D eigenvalue weighted by Gasteiger charge is 2.52. The lowest BCUT2D eigenvalue weighted by Gasteiger charge is -2.19. The highest BCUT2D eigenvalue weighted by molar-refractivity contribution is 6.30. The van der Waals surface area contributed by atoms with Gasteiger partial charge in [-0.1, -0.05) is 23.7 Å². The Kier molecular flexibility index (Phi) is 3.06. The lowest BCUT2D eigenvalue weighted by atomic mass is 9.94. The van der Waals surface area contributed by atoms with Crippen LogP contribution < -0.4 is 5.32 Å². The van der Waals surface area contributed by atoms with E-state index in [2.05, 4.69) is 5.32 Å². The number of amides is 1. The Labute approximate surface area is 118 Å². The Morgan fingerprint density at radius 3 is 2.58 bits per heavy atom. The molecule has 2 fully saturated rings. The minimum atomic E-state index is -0.379. The first-order valence-electron chi connectivity index (χ1n) is 6.76. The van der Waals surface area contributed by atoms with Gasteiger partial charge in [0.2, 0.25) is 5.91 Å². The molecule has 1 aromatic rings. The minimum absolute atomic E-state index is 0.0416. The molecule has 1 amide bonds. The molecule has 0 aromatic heterocycles. The molecule has 4 heteroatoms. The molecule has 3 rings (SSSR count). The molecule has 0 unspecified atom stereocenters. The fourth-order valence-corrected chi connectivity index (χ4v) is 2.75. The van der Waals surface area contributed by atoms with Crippen molar-refractivity contribution in [2.24, 2.45) is 5.41 Å². The maximum absolute atomic E-state index is 12.4. The summed E-state index contributed by atoms with van der Waals surface area (Å²) in [5, 5.41) is 13.0. The number of aliphatic hydroxyl groups excluding tert-OH is 1. The van der Waals surface area contributed by atoms with Crippen LogP contribution in [0.1, 0.15) is 31.2 Å². The maximum atomic E-state index is 12.4. The topological polar surface area (TPSA) is 49.3 Å². The summed E-state index contributed by atoms with van der Waals surface area (Å²) in [4.78, 5) is 12.4. The van der Waals surface area contributed by atoms with E-state index in [0.29, 0.717) is 11.6 Å². The third-order valence-corrected chi connectivity index (χ3v) is 4.71. The summed E-state index contributed by atoms with van der Waals surface area (Å²) < 4.78 is 0. The van der Waals surface area contributed by atoms with Crippen LogP contribution in [-0.4, -0.2) is 24.2 Å². The van der Waals surface area contributed by atoms with Crippen molar-refractivity contribution in [3.63, 3.8) is 0 Å². The van der Waals surface area contributed by atoms with E-state index < -0.39 is 0 Å². The first-order chi connectivity index (χ1) is 9.10. The van der Waals surface area contributed by atoms with Gasteiger partial charge in [-0.3, -0.25) is 4.79 Å². The fraction of sp³-hybridized carbons (Fsp3) is 0.533. The second-order valence-electron chi connectivity index (χ2n) is 5.93. The van der Waals surface area contributed by atoms with Gasteiger partial charge in [0.1, 0.15) is 0 Å². The molecule has 0 spiro atoms. The molecule has 0 radical (unpaired) electrons. The highest BCUT2D eigenvalue weighted by Crippen LogP contribution is 2.49. The van der Waals surface area contributed by atoms with Crippen molar-refractivity contribution in [3.05, 3.63) is 34.9 Å². The molecule has 19 heavy (non-hydrogen) atoms. The van der Waals surface area contributed by atoms with E-state index in [1.54, 1.807) is 0 Å². The van der Waals surface area contributed by atoms with Gasteiger partial charge >= 0.3 is 0 Å². The standard InChI is InChI=1S/C15H18ClNO2/c16-12-3-1-2-11(8-12)15(6-7-15)13(19)17-9-14(10-18)4-5-14/h1-3,8,18H,4-7,9-10H2,(H,17,19). The molecule has 1 aromatic carbocycles. The average molecular weight is 280 g/mol. The number of hydrogen-bond acceptors (Lipinski definition) is 2. The van der Waals surface area contributed by atoms with E-state index in [9.17, 15) is 9.90 Å². The zero-order chi connectivity index (χ0) is 13.5. The van der Waals surface area contributed by atoms with Crippen molar-refractivity contribution in [3.8, 4) is 0 Å². The number of hydrogen-bond donors (Lipinski definition) is 2. The van der Waals surface area contributed by atoms with Crippen molar-refractivity contribution < 1.29 is 9.90 Å². The van der Waals surface area contributed by atoms with Gasteiger partial charge in [-0.2, -0.15) is 0 Å². The van der Waals surface area contributed by atoms with Crippen LogP contribution in [-0.2, 0) is 10.2 Å². The Balaban J connectivity index is 1.69. The number of rotatable bonds is 5. The van der Waals surface area contributed by atoms with Gasteiger partial charge < -0.3 is 10.4 Å². The van der Waals surface area contributed by atoms with Crippen LogP contribution in [0.3, 0.4) is 0 Å². The summed E-state index contributed by atoms with van der Waals surface area (Å²) >= 11 is 6.00. The normalized spacial score (nSPS) is 21.8. The minimum Gasteiger partial charge on any atom is -0.396 e. The van der Waals surface area contributed by atoms with Crippen molar-refractivity contribution in [2.45, 2.75) is 31.1 Å². The van der Waals surface area contributed by atoms with Gasteiger partial charge in [-0.05, 0) is 43.4 Å². The van der Waals surface area contributed by atoms with Crippen LogP contribution in [0.25, 0.3) is 0 Å². The molecule has 0 saturated heterocycles. The second kappa shape index (κ2) is 4.50. The number of halogens is 1. The summed E-state index contributed by atoms with van der Waals surface area (Å²) in [7, 11) is 0. The number of nitrogens with one attached hydrogen (secondary N) is 1. The van der Waals surface area contributed by atoms with Crippen LogP contribution in [0.2, 0.25) is 5.02 Å². The van der Waals surface area contributed by atoms with Crippen LogP contribution in [0.5, 0.6) is 0 Å². The number of carbonyl (C=O) groups is 1. The largest absolute Gasteiger partial charge is 0.396 e. The second-order valence-corrected chi connectivity index (χ2v) is 6.37. The van der Waals surface area contributed by atoms with Crippen LogP contribution in [0, 0.1) is 5.41 Å². The van der Waals surface area contributed by atoms with Crippen molar-refractivity contribution >= 4 is 17.5 Å². The van der Waals surface area contributed by atoms with E-state index >= 15 is 0 Å². The molecule has 2 aliphatic carbocycles. The number of carbonyl (C=O) groups excluding carboxylic acids is 1. The van der Waals surface area contributed by atoms with Gasteiger partial charge in [-0.15, -0.1) is 0 Å². The summed E-state index contributed by atoms with van der Waals surface area (Å²) in [5.74, 6) is 0.0782. The maximum Gasteiger partial charge on any atom is 0.230 e. The van der Waals surface area contributed by atoms with Crippen molar-refractivity contribution in [2.75, 3.05) is 13.2 Å². The fourth-order valence-electron chi connectivity index (χ4n) is 2.56. The summed E-state index contributed by atoms with van der Waals surface area (Å²) in [6.07, 6.45) is 3.78. The summed E-state index contributed by atoms with van der Waals surface area (Å²) in [5.41, 5.74) is 0.586. The predicted octanol–water partition coefficient (Wildman–Crippen LogP) is 2.26. The van der Waals surface area contributed by atoms with Gasteiger partial charge in [0.15, 0.2) is 0 Å². The quantitative estimate of drug-likeness (QED) is 0.869. The smallest absolute Gasteiger partial charge is 0.230 e. The Bertz CT molecular complexity index is 507. The van der Waals surface area contributed by atoms with E-state index in [0.717, 1.165) is 31.2 Å². The van der Waals surface area contributed by atoms with E-state index in [1.165, 1.54) is 0 Å². The molecule has 3 nitrogen and oxygen atoms in total. The van der Waals surface area contributed by atoms with Crippen LogP contribution in [0.4, 0.5) is 0 Å². The third kappa shape index (κ3) is 2.37. The molecule has 0 bridgehead atoms. The first-order valence-corrected chi connectivity index (χ1v) is 7.13. The average Bonchev–Trinajstić information content (AvgIpc) is 3.30. The predicted molar refractivity (Wildman–Crippen MR) is 74.1 cm³/mol. The molecular weight excluding hydrogens is 262 g/mol. The van der Waals surface area contributed by atoms with Crippen LogP contribution in [0.15, 0.2) is 24.3 Å². The zero-order valence-corrected chi connectivity index (χ0v) is 11.5. The van der Waals surface area contributed by atoms with E-state index in [4.69, 9.17) is 11.6 Å². The molecule has 2 saturated carbocycles. The van der Waals surface area contributed by atoms with Crippen molar-refractivity contribution in [1.82, 2.24) is 5.32 Å². The molecule has 0 aliphatic heterocycles. The molecule has 0 atom stereocenters. The lowest BCUT2D eigenvalue weighted by molar-refractivity contribution is -0.123. The summed E-state index contributed by atoms with van der Waals surface area (Å²) in [6, 6.07) is 7.57. The zero-order valence-electron chi connectivity index (χ0n) is 10.8. The molecule has 0 heterocycles. The highest BCUT2D eigenvalue weighted by atomic mass is 35.5. The molecular formula is C15H18ClNO2. The van der Waals surface area contributed by atoms with Crippen LogP contribution >= 0.6 is 11.6 Å². The number of benzene rings is 1. The van der Waals surface area contributed by atoms with Gasteiger partial charge in [0.05, 0.1) is 12.0 Å². The molecule has 102 valence electrons. The lowest BCUT2D eigenvalue weighted by Crippen LogP contribution is -2.39. The van der Waals surface area contributed by atoms with E-state index in [-0.39, 0.29) is 23.3 Å². The molecule has 2 aliphatic rings. The Hall–Kier alpha value is -1.06. The van der Waals surface area contributed by atoms with E-state index in [1.807, 2.05) is 24.3 Å². The Morgan fingerprint density at radius 2 is 2.05 bits per heavy atom.